The van der Waals surface area contributed by atoms with Crippen LogP contribution in [0.15, 0.2) is 18.2 Å². The van der Waals surface area contributed by atoms with Crippen molar-refractivity contribution >= 4 is 0 Å². The molecule has 0 saturated heterocycles. The van der Waals surface area contributed by atoms with E-state index in [1.54, 1.807) is 0 Å². The third-order valence-electron chi connectivity index (χ3n) is 4.67. The van der Waals surface area contributed by atoms with E-state index in [1.165, 1.54) is 63.1 Å². The topological polar surface area (TPSA) is 12.0 Å². The quantitative estimate of drug-likeness (QED) is 0.819. The summed E-state index contributed by atoms with van der Waals surface area (Å²) in [4.78, 5) is 0. The van der Waals surface area contributed by atoms with Gasteiger partial charge >= 0.3 is 0 Å². The highest BCUT2D eigenvalue weighted by Gasteiger charge is 2.24. The molecular formula is C18H27F2N. The summed E-state index contributed by atoms with van der Waals surface area (Å²) in [6.07, 6.45) is 9.21. The van der Waals surface area contributed by atoms with Crippen LogP contribution in [-0.2, 0) is 6.42 Å². The van der Waals surface area contributed by atoms with E-state index in [-0.39, 0.29) is 11.6 Å². The van der Waals surface area contributed by atoms with E-state index in [4.69, 9.17) is 0 Å². The third kappa shape index (κ3) is 4.77. The largest absolute Gasteiger partial charge is 0.314 e. The summed E-state index contributed by atoms with van der Waals surface area (Å²) in [7, 11) is 0. The molecule has 0 heterocycles. The molecule has 1 atom stereocenters. The van der Waals surface area contributed by atoms with Crippen molar-refractivity contribution in [1.82, 2.24) is 5.32 Å². The van der Waals surface area contributed by atoms with E-state index >= 15 is 0 Å². The Morgan fingerprint density at radius 2 is 1.62 bits per heavy atom. The highest BCUT2D eigenvalue weighted by Crippen LogP contribution is 2.27. The minimum absolute atomic E-state index is 0.180. The van der Waals surface area contributed by atoms with Crippen LogP contribution >= 0.6 is 0 Å². The van der Waals surface area contributed by atoms with Crippen molar-refractivity contribution in [2.24, 2.45) is 5.92 Å². The van der Waals surface area contributed by atoms with E-state index in [0.717, 1.165) is 6.54 Å². The van der Waals surface area contributed by atoms with Gasteiger partial charge in [-0.15, -0.1) is 0 Å². The van der Waals surface area contributed by atoms with Crippen LogP contribution < -0.4 is 5.32 Å². The third-order valence-corrected chi connectivity index (χ3v) is 4.67. The molecule has 0 aromatic heterocycles. The van der Waals surface area contributed by atoms with Gasteiger partial charge in [0.05, 0.1) is 0 Å². The molecule has 2 rings (SSSR count). The second-order valence-electron chi connectivity index (χ2n) is 6.17. The first-order chi connectivity index (χ1) is 10.2. The normalized spacial score (nSPS) is 19.0. The van der Waals surface area contributed by atoms with Gasteiger partial charge in [-0.05, 0) is 43.9 Å². The Balaban J connectivity index is 2.10. The van der Waals surface area contributed by atoms with Crippen molar-refractivity contribution in [3.8, 4) is 0 Å². The van der Waals surface area contributed by atoms with Crippen LogP contribution in [0.4, 0.5) is 8.78 Å². The van der Waals surface area contributed by atoms with Crippen LogP contribution in [0.5, 0.6) is 0 Å². The minimum atomic E-state index is -0.413. The number of likely N-dealkylation sites (N-methyl/N-ethyl adjacent to an activating group) is 1. The summed E-state index contributed by atoms with van der Waals surface area (Å²) in [6, 6.07) is 4.34. The predicted molar refractivity (Wildman–Crippen MR) is 83.3 cm³/mol. The fourth-order valence-electron chi connectivity index (χ4n) is 3.51. The van der Waals surface area contributed by atoms with Gasteiger partial charge < -0.3 is 5.32 Å². The molecule has 1 aliphatic carbocycles. The van der Waals surface area contributed by atoms with Gasteiger partial charge in [-0.1, -0.05) is 45.1 Å². The van der Waals surface area contributed by atoms with Crippen LogP contribution in [0.3, 0.4) is 0 Å². The molecule has 1 nitrogen and oxygen atoms in total. The van der Waals surface area contributed by atoms with E-state index in [1.807, 2.05) is 0 Å². The molecule has 1 aromatic rings. The van der Waals surface area contributed by atoms with Crippen molar-refractivity contribution in [2.75, 3.05) is 6.54 Å². The lowest BCUT2D eigenvalue weighted by Crippen LogP contribution is -2.38. The van der Waals surface area contributed by atoms with Gasteiger partial charge in [0.2, 0.25) is 0 Å². The Kier molecular flexibility index (Phi) is 6.62. The lowest BCUT2D eigenvalue weighted by molar-refractivity contribution is 0.282. The van der Waals surface area contributed by atoms with Crippen molar-refractivity contribution in [3.05, 3.63) is 35.4 Å². The summed E-state index contributed by atoms with van der Waals surface area (Å²) < 4.78 is 27.8. The Hall–Kier alpha value is -0.960. The first-order valence-corrected chi connectivity index (χ1v) is 8.38. The smallest absolute Gasteiger partial charge is 0.129 e. The Bertz CT molecular complexity index is 405. The molecule has 0 bridgehead atoms. The van der Waals surface area contributed by atoms with Crippen LogP contribution in [0.1, 0.15) is 57.4 Å². The monoisotopic (exact) mass is 295 g/mol. The fourth-order valence-corrected chi connectivity index (χ4v) is 3.51. The minimum Gasteiger partial charge on any atom is -0.314 e. The summed E-state index contributed by atoms with van der Waals surface area (Å²) >= 11 is 0. The Labute approximate surface area is 127 Å². The number of rotatable bonds is 5. The first kappa shape index (κ1) is 16.4. The van der Waals surface area contributed by atoms with Crippen LogP contribution in [0, 0.1) is 17.6 Å². The Morgan fingerprint density at radius 1 is 1.05 bits per heavy atom. The van der Waals surface area contributed by atoms with E-state index in [9.17, 15) is 8.78 Å². The van der Waals surface area contributed by atoms with Gasteiger partial charge in [0.25, 0.3) is 0 Å². The maximum atomic E-state index is 13.9. The summed E-state index contributed by atoms with van der Waals surface area (Å²) in [5, 5.41) is 3.47. The molecule has 0 aliphatic heterocycles. The fraction of sp³-hybridized carbons (Fsp3) is 0.667. The van der Waals surface area contributed by atoms with Gasteiger partial charge in [-0.2, -0.15) is 0 Å². The van der Waals surface area contributed by atoms with Crippen LogP contribution in [-0.4, -0.2) is 12.6 Å². The average Bonchev–Trinajstić information content (AvgIpc) is 2.42. The molecule has 1 unspecified atom stereocenters. The SMILES string of the molecule is CCNC(Cc1c(F)cccc1F)C1CCCCCCC1. The second kappa shape index (κ2) is 8.47. The average molecular weight is 295 g/mol. The maximum Gasteiger partial charge on any atom is 0.129 e. The number of benzene rings is 1. The molecule has 1 aromatic carbocycles. The Morgan fingerprint density at radius 3 is 2.19 bits per heavy atom. The summed E-state index contributed by atoms with van der Waals surface area (Å²) in [5.41, 5.74) is 0.241. The molecule has 1 N–H and O–H groups in total. The van der Waals surface area contributed by atoms with Crippen LogP contribution in [0.25, 0.3) is 0 Å². The molecule has 1 fully saturated rings. The van der Waals surface area contributed by atoms with E-state index in [0.29, 0.717) is 12.3 Å². The lowest BCUT2D eigenvalue weighted by atomic mass is 9.83. The second-order valence-corrected chi connectivity index (χ2v) is 6.17. The zero-order valence-electron chi connectivity index (χ0n) is 13.0. The highest BCUT2D eigenvalue weighted by atomic mass is 19.1. The summed E-state index contributed by atoms with van der Waals surface area (Å²) in [6.45, 7) is 2.91. The van der Waals surface area contributed by atoms with Gasteiger partial charge in [0.15, 0.2) is 0 Å². The zero-order valence-corrected chi connectivity index (χ0v) is 13.0. The number of hydrogen-bond donors (Lipinski definition) is 1. The van der Waals surface area contributed by atoms with Gasteiger partial charge in [-0.3, -0.25) is 0 Å². The molecule has 0 radical (unpaired) electrons. The van der Waals surface area contributed by atoms with Crippen LogP contribution in [0.2, 0.25) is 0 Å². The number of nitrogens with one attached hydrogen (secondary N) is 1. The summed E-state index contributed by atoms with van der Waals surface area (Å²) in [5.74, 6) is -0.295. The molecule has 0 spiro atoms. The van der Waals surface area contributed by atoms with Crippen molar-refractivity contribution in [1.29, 1.82) is 0 Å². The highest BCUT2D eigenvalue weighted by molar-refractivity contribution is 5.21. The predicted octanol–water partition coefficient (Wildman–Crippen LogP) is 4.85. The molecule has 1 aliphatic rings. The standard InChI is InChI=1S/C18H27F2N/c1-2-21-18(14-9-6-4-3-5-7-10-14)13-15-16(19)11-8-12-17(15)20/h8,11-12,14,18,21H,2-7,9-10,13H2,1H3. The number of hydrogen-bond acceptors (Lipinski definition) is 1. The first-order valence-electron chi connectivity index (χ1n) is 8.38. The molecule has 1 saturated carbocycles. The van der Waals surface area contributed by atoms with E-state index < -0.39 is 11.6 Å². The van der Waals surface area contributed by atoms with Crippen molar-refractivity contribution < 1.29 is 8.78 Å². The zero-order chi connectivity index (χ0) is 15.1. The molecule has 118 valence electrons. The molecular weight excluding hydrogens is 268 g/mol. The van der Waals surface area contributed by atoms with Crippen molar-refractivity contribution in [3.63, 3.8) is 0 Å². The maximum absolute atomic E-state index is 13.9. The molecule has 21 heavy (non-hydrogen) atoms. The van der Waals surface area contributed by atoms with Gasteiger partial charge in [0, 0.05) is 11.6 Å². The number of halogens is 2. The molecule has 3 heteroatoms. The molecule has 0 amide bonds. The lowest BCUT2D eigenvalue weighted by Gasteiger charge is -2.30. The van der Waals surface area contributed by atoms with Gasteiger partial charge in [0.1, 0.15) is 11.6 Å². The van der Waals surface area contributed by atoms with Crippen molar-refractivity contribution in [2.45, 2.75) is 64.3 Å². The van der Waals surface area contributed by atoms with E-state index in [2.05, 4.69) is 12.2 Å². The van der Waals surface area contributed by atoms with Gasteiger partial charge in [-0.25, -0.2) is 8.78 Å².